The Morgan fingerprint density at radius 2 is 1.85 bits per heavy atom. The van der Waals surface area contributed by atoms with Crippen LogP contribution in [0.2, 0.25) is 0 Å². The molecule has 0 fully saturated rings. The zero-order chi connectivity index (χ0) is 19.4. The topological polar surface area (TPSA) is 49.4 Å². The van der Waals surface area contributed by atoms with Crippen molar-refractivity contribution >= 4 is 33.8 Å². The maximum absolute atomic E-state index is 12.8. The van der Waals surface area contributed by atoms with E-state index < -0.39 is 0 Å². The van der Waals surface area contributed by atoms with Crippen molar-refractivity contribution in [3.8, 4) is 0 Å². The summed E-state index contributed by atoms with van der Waals surface area (Å²) in [4.78, 5) is 26.5. The predicted molar refractivity (Wildman–Crippen MR) is 111 cm³/mol. The van der Waals surface area contributed by atoms with Crippen molar-refractivity contribution in [1.29, 1.82) is 0 Å². The first-order valence-corrected chi connectivity index (χ1v) is 9.89. The van der Waals surface area contributed by atoms with Gasteiger partial charge in [-0.2, -0.15) is 0 Å². The van der Waals surface area contributed by atoms with Gasteiger partial charge in [0.15, 0.2) is 0 Å². The van der Waals surface area contributed by atoms with Crippen LogP contribution in [0.25, 0.3) is 6.08 Å². The normalized spacial score (nSPS) is 16.6. The molecule has 1 aliphatic heterocycles. The number of benzene rings is 2. The molecule has 0 aliphatic carbocycles. The van der Waals surface area contributed by atoms with Gasteiger partial charge in [0.1, 0.15) is 0 Å². The second-order valence-electron chi connectivity index (χ2n) is 6.67. The molecule has 1 heterocycles. The summed E-state index contributed by atoms with van der Waals surface area (Å²) in [6.45, 7) is 3.58. The minimum absolute atomic E-state index is 0.0502. The molecule has 0 radical (unpaired) electrons. The number of halogens is 1. The fourth-order valence-electron chi connectivity index (χ4n) is 3.46. The van der Waals surface area contributed by atoms with Crippen molar-refractivity contribution in [2.24, 2.45) is 0 Å². The van der Waals surface area contributed by atoms with Crippen LogP contribution in [0.15, 0.2) is 59.2 Å². The van der Waals surface area contributed by atoms with E-state index in [0.717, 1.165) is 27.6 Å². The van der Waals surface area contributed by atoms with Crippen LogP contribution >= 0.6 is 15.9 Å². The number of hydrogen-bond donors (Lipinski definition) is 1. The Kier molecular flexibility index (Phi) is 6.11. The van der Waals surface area contributed by atoms with E-state index in [4.69, 9.17) is 0 Å². The third-order valence-corrected chi connectivity index (χ3v) is 5.39. The Balaban J connectivity index is 1.77. The summed E-state index contributed by atoms with van der Waals surface area (Å²) in [6.07, 6.45) is 4.72. The number of hydrogen-bond acceptors (Lipinski definition) is 2. The Morgan fingerprint density at radius 3 is 2.52 bits per heavy atom. The fraction of sp³-hybridized carbons (Fsp3) is 0.273. The molecule has 27 heavy (non-hydrogen) atoms. The van der Waals surface area contributed by atoms with E-state index in [2.05, 4.69) is 21.2 Å². The lowest BCUT2D eigenvalue weighted by Crippen LogP contribution is -2.36. The maximum Gasteiger partial charge on any atom is 0.223 e. The highest BCUT2D eigenvalue weighted by atomic mass is 79.9. The molecule has 2 atom stereocenters. The van der Waals surface area contributed by atoms with Crippen molar-refractivity contribution in [1.82, 2.24) is 10.2 Å². The van der Waals surface area contributed by atoms with Crippen LogP contribution in [0.4, 0.5) is 0 Å². The van der Waals surface area contributed by atoms with Gasteiger partial charge in [-0.25, -0.2) is 0 Å². The highest BCUT2D eigenvalue weighted by molar-refractivity contribution is 9.10. The number of fused-ring (bicyclic) bond motifs is 1. The van der Waals surface area contributed by atoms with Crippen LogP contribution < -0.4 is 5.32 Å². The number of nitrogens with zero attached hydrogens (tertiary/aromatic N) is 1. The number of nitrogens with one attached hydrogen (secondary N) is 1. The molecule has 5 heteroatoms. The molecular weight excluding hydrogens is 404 g/mol. The van der Waals surface area contributed by atoms with Crippen molar-refractivity contribution in [2.75, 3.05) is 0 Å². The van der Waals surface area contributed by atoms with Crippen LogP contribution in [0.1, 0.15) is 55.5 Å². The molecule has 2 aromatic rings. The van der Waals surface area contributed by atoms with E-state index in [1.807, 2.05) is 61.5 Å². The van der Waals surface area contributed by atoms with Gasteiger partial charge in [0.05, 0.1) is 18.5 Å². The maximum atomic E-state index is 12.8. The minimum Gasteiger partial charge on any atom is -0.349 e. The first kappa shape index (κ1) is 19.4. The molecular formula is C22H23BrN2O2. The minimum atomic E-state index is -0.286. The van der Waals surface area contributed by atoms with Gasteiger partial charge in [0, 0.05) is 17.6 Å². The first-order valence-electron chi connectivity index (χ1n) is 9.10. The van der Waals surface area contributed by atoms with E-state index in [1.165, 1.54) is 6.92 Å². The molecule has 2 amide bonds. The monoisotopic (exact) mass is 426 g/mol. The van der Waals surface area contributed by atoms with Gasteiger partial charge in [-0.3, -0.25) is 9.59 Å². The third-order valence-electron chi connectivity index (χ3n) is 4.86. The van der Waals surface area contributed by atoms with Crippen LogP contribution in [0.5, 0.6) is 0 Å². The molecule has 1 N–H and O–H groups in total. The SMILES string of the molecule is CC[C@H](NC(=O)C[C@@H]1c2ccccc2C=CN1C(C)=O)c1ccc(Br)cc1. The molecule has 2 aromatic carbocycles. The summed E-state index contributed by atoms with van der Waals surface area (Å²) in [5.74, 6) is -0.135. The highest BCUT2D eigenvalue weighted by Gasteiger charge is 2.28. The second-order valence-corrected chi connectivity index (χ2v) is 7.59. The zero-order valence-corrected chi connectivity index (χ0v) is 17.1. The third kappa shape index (κ3) is 4.48. The summed E-state index contributed by atoms with van der Waals surface area (Å²) < 4.78 is 1.01. The summed E-state index contributed by atoms with van der Waals surface area (Å²) >= 11 is 3.44. The summed E-state index contributed by atoms with van der Waals surface area (Å²) in [5, 5.41) is 3.12. The molecule has 4 nitrogen and oxygen atoms in total. The zero-order valence-electron chi connectivity index (χ0n) is 15.5. The van der Waals surface area contributed by atoms with Crippen LogP contribution in [0.3, 0.4) is 0 Å². The molecule has 0 spiro atoms. The van der Waals surface area contributed by atoms with E-state index >= 15 is 0 Å². The molecule has 0 aromatic heterocycles. The quantitative estimate of drug-likeness (QED) is 0.732. The molecule has 0 bridgehead atoms. The largest absolute Gasteiger partial charge is 0.349 e. The molecule has 0 unspecified atom stereocenters. The molecule has 3 rings (SSSR count). The van der Waals surface area contributed by atoms with Crippen molar-refractivity contribution in [3.05, 3.63) is 75.9 Å². The number of carbonyl (C=O) groups is 2. The van der Waals surface area contributed by atoms with Gasteiger partial charge in [0.25, 0.3) is 0 Å². The van der Waals surface area contributed by atoms with Gasteiger partial charge in [-0.05, 0) is 41.3 Å². The second kappa shape index (κ2) is 8.53. The number of amides is 2. The van der Waals surface area contributed by atoms with Crippen molar-refractivity contribution < 1.29 is 9.59 Å². The van der Waals surface area contributed by atoms with E-state index in [9.17, 15) is 9.59 Å². The van der Waals surface area contributed by atoms with Gasteiger partial charge in [-0.1, -0.05) is 59.3 Å². The fourth-order valence-corrected chi connectivity index (χ4v) is 3.72. The Labute approximate surface area is 168 Å². The van der Waals surface area contributed by atoms with E-state index in [1.54, 1.807) is 11.1 Å². The van der Waals surface area contributed by atoms with Gasteiger partial charge in [0.2, 0.25) is 11.8 Å². The first-order chi connectivity index (χ1) is 13.0. The van der Waals surface area contributed by atoms with E-state index in [-0.39, 0.29) is 30.3 Å². The number of carbonyl (C=O) groups excluding carboxylic acids is 2. The Hall–Kier alpha value is -2.40. The molecule has 0 saturated carbocycles. The average Bonchev–Trinajstić information content (AvgIpc) is 2.67. The summed E-state index contributed by atoms with van der Waals surface area (Å²) in [6, 6.07) is 15.5. The van der Waals surface area contributed by atoms with Crippen LogP contribution in [-0.2, 0) is 9.59 Å². The van der Waals surface area contributed by atoms with Gasteiger partial charge >= 0.3 is 0 Å². The average molecular weight is 427 g/mol. The van der Waals surface area contributed by atoms with Gasteiger partial charge in [-0.15, -0.1) is 0 Å². The summed E-state index contributed by atoms with van der Waals surface area (Å²) in [7, 11) is 0. The van der Waals surface area contributed by atoms with Crippen molar-refractivity contribution in [2.45, 2.75) is 38.8 Å². The molecule has 1 aliphatic rings. The van der Waals surface area contributed by atoms with Crippen LogP contribution in [0, 0.1) is 0 Å². The number of rotatable bonds is 5. The lowest BCUT2D eigenvalue weighted by atomic mass is 9.93. The Morgan fingerprint density at radius 1 is 1.15 bits per heavy atom. The van der Waals surface area contributed by atoms with Gasteiger partial charge < -0.3 is 10.2 Å². The van der Waals surface area contributed by atoms with E-state index in [0.29, 0.717) is 0 Å². The van der Waals surface area contributed by atoms with Crippen molar-refractivity contribution in [3.63, 3.8) is 0 Å². The predicted octanol–water partition coefficient (Wildman–Crippen LogP) is 4.98. The Bertz CT molecular complexity index is 861. The smallest absolute Gasteiger partial charge is 0.223 e. The highest BCUT2D eigenvalue weighted by Crippen LogP contribution is 2.33. The van der Waals surface area contributed by atoms with Crippen LogP contribution in [-0.4, -0.2) is 16.7 Å². The lowest BCUT2D eigenvalue weighted by Gasteiger charge is -2.32. The summed E-state index contributed by atoms with van der Waals surface area (Å²) in [5.41, 5.74) is 3.12. The molecule has 140 valence electrons. The standard InChI is InChI=1S/C22H23BrN2O2/c1-3-20(17-8-10-18(23)11-9-17)24-22(27)14-21-19-7-5-4-6-16(19)12-13-25(21)15(2)26/h4-13,20-21H,3,14H2,1-2H3,(H,24,27)/t20-,21+/m0/s1. The molecule has 0 saturated heterocycles. The lowest BCUT2D eigenvalue weighted by molar-refractivity contribution is -0.130.